The number of aromatic nitrogens is 4. The molecule has 5 aromatic rings. The van der Waals surface area contributed by atoms with Crippen LogP contribution >= 0.6 is 11.6 Å². The number of amides is 2. The maximum absolute atomic E-state index is 15.5. The molecule has 0 aliphatic carbocycles. The Hall–Kier alpha value is -5.03. The van der Waals surface area contributed by atoms with E-state index in [2.05, 4.69) is 15.5 Å². The lowest BCUT2D eigenvalue weighted by Gasteiger charge is -2.24. The fraction of sp³-hybridized carbons (Fsp3) is 0.212. The monoisotopic (exact) mass is 629 g/mol. The van der Waals surface area contributed by atoms with Crippen molar-refractivity contribution >= 4 is 45.8 Å². The lowest BCUT2D eigenvalue weighted by molar-refractivity contribution is -0.730. The molecule has 1 aliphatic heterocycles. The Labute approximate surface area is 262 Å². The summed E-state index contributed by atoms with van der Waals surface area (Å²) in [6.07, 6.45) is 1.81. The van der Waals surface area contributed by atoms with Gasteiger partial charge in [0.25, 0.3) is 0 Å². The predicted octanol–water partition coefficient (Wildman–Crippen LogP) is 5.16. The molecule has 3 heterocycles. The van der Waals surface area contributed by atoms with Gasteiger partial charge in [0.15, 0.2) is 24.8 Å². The quantitative estimate of drug-likeness (QED) is 0.198. The van der Waals surface area contributed by atoms with E-state index >= 15 is 4.39 Å². The highest BCUT2D eigenvalue weighted by molar-refractivity contribution is 6.33. The number of anilines is 1. The minimum atomic E-state index is -1.45. The summed E-state index contributed by atoms with van der Waals surface area (Å²) in [6, 6.07) is 17.3. The number of hydrogen-bond donors (Lipinski definition) is 1. The molecule has 12 heteroatoms. The van der Waals surface area contributed by atoms with Crippen LogP contribution < -0.4 is 10.00 Å². The van der Waals surface area contributed by atoms with Crippen LogP contribution in [0.25, 0.3) is 33.2 Å². The van der Waals surface area contributed by atoms with Gasteiger partial charge in [0.1, 0.15) is 30.6 Å². The number of Topliss-reactive ketones (excluding diaryl/α,β-unsaturated/α-hetero) is 1. The molecule has 2 amide bonds. The molecule has 9 nitrogen and oxygen atoms in total. The van der Waals surface area contributed by atoms with Crippen molar-refractivity contribution in [3.63, 3.8) is 0 Å². The third kappa shape index (κ3) is 5.91. The molecule has 0 unspecified atom stereocenters. The third-order valence-electron chi connectivity index (χ3n) is 7.84. The molecular weight excluding hydrogens is 602 g/mol. The second kappa shape index (κ2) is 12.2. The second-order valence-corrected chi connectivity index (χ2v) is 11.3. The topological polar surface area (TPSA) is 101 Å². The van der Waals surface area contributed by atoms with Gasteiger partial charge in [-0.3, -0.25) is 19.1 Å². The van der Waals surface area contributed by atoms with E-state index in [1.165, 1.54) is 17.7 Å². The Balaban J connectivity index is 1.25. The summed E-state index contributed by atoms with van der Waals surface area (Å²) in [6.45, 7) is 0.748. The van der Waals surface area contributed by atoms with Gasteiger partial charge in [0.2, 0.25) is 11.8 Å². The lowest BCUT2D eigenvalue weighted by atomic mass is 10.0. The van der Waals surface area contributed by atoms with Crippen molar-refractivity contribution in [2.24, 2.45) is 7.05 Å². The van der Waals surface area contributed by atoms with Crippen LogP contribution in [0.3, 0.4) is 0 Å². The van der Waals surface area contributed by atoms with E-state index in [0.717, 1.165) is 16.0 Å². The van der Waals surface area contributed by atoms with Crippen molar-refractivity contribution in [2.75, 3.05) is 11.9 Å². The lowest BCUT2D eigenvalue weighted by Crippen LogP contribution is -2.44. The molecule has 0 radical (unpaired) electrons. The summed E-state index contributed by atoms with van der Waals surface area (Å²) in [5, 5.41) is 12.1. The number of fused-ring (bicyclic) bond motifs is 1. The first-order chi connectivity index (χ1) is 21.6. The molecule has 1 aliphatic rings. The first kappa shape index (κ1) is 30.0. The average molecular weight is 630 g/mol. The summed E-state index contributed by atoms with van der Waals surface area (Å²) in [5.41, 5.74) is 2.88. The number of aryl methyl sites for hydroxylation is 1. The molecule has 3 aromatic carbocycles. The zero-order chi connectivity index (χ0) is 31.8. The number of hydrogen-bond acceptors (Lipinski definition) is 5. The molecule has 228 valence electrons. The summed E-state index contributed by atoms with van der Waals surface area (Å²) >= 11 is 6.26. The molecule has 2 aromatic heterocycles. The summed E-state index contributed by atoms with van der Waals surface area (Å²) in [7, 11) is 1.81. The van der Waals surface area contributed by atoms with Crippen molar-refractivity contribution in [3.05, 3.63) is 95.7 Å². The highest BCUT2D eigenvalue weighted by atomic mass is 35.5. The second-order valence-electron chi connectivity index (χ2n) is 10.9. The van der Waals surface area contributed by atoms with Crippen LogP contribution in [0.5, 0.6) is 0 Å². The smallest absolute Gasteiger partial charge is 0.247 e. The fourth-order valence-electron chi connectivity index (χ4n) is 5.59. The van der Waals surface area contributed by atoms with Gasteiger partial charge in [-0.05, 0) is 34.9 Å². The number of rotatable bonds is 7. The van der Waals surface area contributed by atoms with Crippen LogP contribution in [-0.4, -0.2) is 56.1 Å². The number of halogens is 3. The number of carbonyl (C=O) groups is 3. The van der Waals surface area contributed by atoms with E-state index in [0.29, 0.717) is 21.5 Å². The number of ketones is 1. The Kier molecular flexibility index (Phi) is 8.11. The summed E-state index contributed by atoms with van der Waals surface area (Å²) < 4.78 is 33.2. The first-order valence-electron chi connectivity index (χ1n) is 14.2. The molecular formula is C33H28ClF2N6O3+. The highest BCUT2D eigenvalue weighted by Gasteiger charge is 2.40. The molecule has 1 fully saturated rings. The number of alkyl halides is 1. The Bertz CT molecular complexity index is 1960. The van der Waals surface area contributed by atoms with Crippen molar-refractivity contribution in [3.8, 4) is 22.3 Å². The molecule has 0 bridgehead atoms. The van der Waals surface area contributed by atoms with E-state index in [-0.39, 0.29) is 42.2 Å². The molecule has 2 atom stereocenters. The summed E-state index contributed by atoms with van der Waals surface area (Å²) in [5.74, 6) is -2.28. The van der Waals surface area contributed by atoms with E-state index in [1.54, 1.807) is 66.6 Å². The number of likely N-dealkylation sites (tertiary alicyclic amines) is 1. The summed E-state index contributed by atoms with van der Waals surface area (Å²) in [4.78, 5) is 40.5. The van der Waals surface area contributed by atoms with Crippen LogP contribution in [0.4, 0.5) is 14.5 Å². The predicted molar refractivity (Wildman–Crippen MR) is 165 cm³/mol. The fourth-order valence-corrected chi connectivity index (χ4v) is 5.83. The number of nitrogens with zero attached hydrogens (tertiary/aromatic N) is 5. The minimum Gasteiger partial charge on any atom is -0.326 e. The Morgan fingerprint density at radius 2 is 1.82 bits per heavy atom. The van der Waals surface area contributed by atoms with E-state index in [9.17, 15) is 18.8 Å². The van der Waals surface area contributed by atoms with Gasteiger partial charge >= 0.3 is 0 Å². The van der Waals surface area contributed by atoms with Crippen molar-refractivity contribution in [1.82, 2.24) is 19.8 Å². The van der Waals surface area contributed by atoms with E-state index < -0.39 is 29.8 Å². The van der Waals surface area contributed by atoms with Gasteiger partial charge < -0.3 is 10.2 Å². The van der Waals surface area contributed by atoms with Crippen LogP contribution in [-0.2, 0) is 23.2 Å². The van der Waals surface area contributed by atoms with Crippen molar-refractivity contribution < 1.29 is 27.8 Å². The van der Waals surface area contributed by atoms with Gasteiger partial charge in [0.05, 0.1) is 17.7 Å². The van der Waals surface area contributed by atoms with Crippen LogP contribution in [0.1, 0.15) is 23.8 Å². The first-order valence-corrected chi connectivity index (χ1v) is 14.6. The van der Waals surface area contributed by atoms with Gasteiger partial charge in [-0.2, -0.15) is 5.10 Å². The molecule has 45 heavy (non-hydrogen) atoms. The van der Waals surface area contributed by atoms with E-state index in [4.69, 9.17) is 11.6 Å². The van der Waals surface area contributed by atoms with Gasteiger partial charge in [-0.1, -0.05) is 52.7 Å². The maximum Gasteiger partial charge on any atom is 0.247 e. The molecule has 6 rings (SSSR count). The van der Waals surface area contributed by atoms with Crippen molar-refractivity contribution in [1.29, 1.82) is 0 Å². The molecule has 1 saturated heterocycles. The zero-order valence-corrected chi connectivity index (χ0v) is 25.1. The van der Waals surface area contributed by atoms with Gasteiger partial charge in [0, 0.05) is 46.5 Å². The Morgan fingerprint density at radius 1 is 1.04 bits per heavy atom. The minimum absolute atomic E-state index is 0.116. The third-order valence-corrected chi connectivity index (χ3v) is 8.17. The Morgan fingerprint density at radius 3 is 2.56 bits per heavy atom. The van der Waals surface area contributed by atoms with Crippen LogP contribution in [0.15, 0.2) is 79.1 Å². The van der Waals surface area contributed by atoms with Crippen LogP contribution in [0, 0.1) is 5.82 Å². The zero-order valence-electron chi connectivity index (χ0n) is 24.4. The van der Waals surface area contributed by atoms with Gasteiger partial charge in [-0.15, -0.1) is 0 Å². The number of benzene rings is 3. The molecule has 0 spiro atoms. The molecule has 1 N–H and O–H groups in total. The SMILES string of the molecule is CC(=O)c1nn(CC(=O)N2C[C@H](F)C[C@H]2C(=O)Nc2cccc(-c3ccccc3Cl)c2F)c2ccc(-c3cc[n+](C)nc3)cc12. The maximum atomic E-state index is 15.5. The standard InChI is InChI=1S/C33H27ClF2N6O3/c1-19(43)32-25-14-20(21-12-13-40(2)37-16-21)10-11-28(25)42(39-32)18-30(44)41-17-22(35)15-29(41)33(45)38-27-9-5-7-24(31(27)36)23-6-3-4-8-26(23)34/h3-14,16,22,29H,15,17-18H2,1-2H3/p+1/t22-,29+/m1/s1. The van der Waals surface area contributed by atoms with Gasteiger partial charge in [-0.25, -0.2) is 8.78 Å². The van der Waals surface area contributed by atoms with E-state index in [1.807, 2.05) is 18.2 Å². The largest absolute Gasteiger partial charge is 0.326 e. The number of nitrogens with one attached hydrogen (secondary N) is 1. The molecule has 0 saturated carbocycles. The average Bonchev–Trinajstić information content (AvgIpc) is 3.59. The normalized spacial score (nSPS) is 16.2. The van der Waals surface area contributed by atoms with Crippen LogP contribution in [0.2, 0.25) is 5.02 Å². The highest BCUT2D eigenvalue weighted by Crippen LogP contribution is 2.33. The van der Waals surface area contributed by atoms with Crippen molar-refractivity contribution in [2.45, 2.75) is 32.1 Å². The number of carbonyl (C=O) groups excluding carboxylic acids is 3.